The number of nitrogen functional groups attached to an aromatic ring is 1. The maximum atomic E-state index is 12.0. The predicted molar refractivity (Wildman–Crippen MR) is 63.0 cm³/mol. The van der Waals surface area contributed by atoms with Crippen molar-refractivity contribution in [2.24, 2.45) is 5.92 Å². The number of aromatic nitrogens is 1. The summed E-state index contributed by atoms with van der Waals surface area (Å²) < 4.78 is 0. The molecule has 86 valence electrons. The number of carbonyl (C=O) groups is 1. The van der Waals surface area contributed by atoms with Gasteiger partial charge in [0, 0.05) is 19.8 Å². The van der Waals surface area contributed by atoms with Crippen molar-refractivity contribution >= 4 is 11.7 Å². The lowest BCUT2D eigenvalue weighted by Gasteiger charge is -2.30. The second kappa shape index (κ2) is 4.51. The van der Waals surface area contributed by atoms with Gasteiger partial charge in [-0.05, 0) is 30.9 Å². The first-order chi connectivity index (χ1) is 7.68. The highest BCUT2D eigenvalue weighted by atomic mass is 16.2. The Balaban J connectivity index is 2.03. The Morgan fingerprint density at radius 2 is 2.38 bits per heavy atom. The lowest BCUT2D eigenvalue weighted by atomic mass is 9.85. The molecule has 0 radical (unpaired) electrons. The Hall–Kier alpha value is -1.58. The molecule has 0 aliphatic heterocycles. The zero-order chi connectivity index (χ0) is 11.5. The van der Waals surface area contributed by atoms with Gasteiger partial charge in [-0.3, -0.25) is 4.79 Å². The summed E-state index contributed by atoms with van der Waals surface area (Å²) in [7, 11) is 1.83. The molecule has 0 unspecified atom stereocenters. The second-order valence-electron chi connectivity index (χ2n) is 4.42. The van der Waals surface area contributed by atoms with Gasteiger partial charge in [0.15, 0.2) is 0 Å². The van der Waals surface area contributed by atoms with Crippen LogP contribution in [0, 0.1) is 5.92 Å². The zero-order valence-electron chi connectivity index (χ0n) is 9.52. The molecule has 1 aliphatic rings. The van der Waals surface area contributed by atoms with Crippen molar-refractivity contribution in [3.8, 4) is 0 Å². The first kappa shape index (κ1) is 10.9. The summed E-state index contributed by atoms with van der Waals surface area (Å²) in [5.41, 5.74) is 6.18. The smallest absolute Gasteiger partial charge is 0.257 e. The average Bonchev–Trinajstić information content (AvgIpc) is 2.23. The molecule has 1 aliphatic carbocycles. The van der Waals surface area contributed by atoms with E-state index in [0.717, 1.165) is 6.54 Å². The van der Waals surface area contributed by atoms with E-state index in [-0.39, 0.29) is 5.91 Å². The molecule has 0 bridgehead atoms. The third-order valence-corrected chi connectivity index (χ3v) is 3.17. The van der Waals surface area contributed by atoms with Gasteiger partial charge in [-0.25, -0.2) is 4.98 Å². The number of nitrogens with two attached hydrogens (primary N) is 1. The Kier molecular flexibility index (Phi) is 3.08. The van der Waals surface area contributed by atoms with Crippen LogP contribution in [0.5, 0.6) is 0 Å². The molecule has 1 heterocycles. The van der Waals surface area contributed by atoms with Crippen LogP contribution in [0.25, 0.3) is 0 Å². The Morgan fingerprint density at radius 1 is 1.62 bits per heavy atom. The molecule has 2 N–H and O–H groups in total. The minimum Gasteiger partial charge on any atom is -0.383 e. The van der Waals surface area contributed by atoms with Gasteiger partial charge in [0.05, 0.1) is 5.56 Å². The van der Waals surface area contributed by atoms with Gasteiger partial charge >= 0.3 is 0 Å². The predicted octanol–water partition coefficient (Wildman–Crippen LogP) is 1.54. The number of amides is 1. The molecule has 4 heteroatoms. The highest BCUT2D eigenvalue weighted by Crippen LogP contribution is 2.27. The topological polar surface area (TPSA) is 59.2 Å². The zero-order valence-corrected chi connectivity index (χ0v) is 9.52. The average molecular weight is 219 g/mol. The van der Waals surface area contributed by atoms with Crippen LogP contribution in [-0.2, 0) is 0 Å². The lowest BCUT2D eigenvalue weighted by molar-refractivity contribution is 0.0746. The Morgan fingerprint density at radius 3 is 2.94 bits per heavy atom. The number of hydrogen-bond donors (Lipinski definition) is 1. The minimum atomic E-state index is -0.0301. The monoisotopic (exact) mass is 219 g/mol. The molecule has 16 heavy (non-hydrogen) atoms. The lowest BCUT2D eigenvalue weighted by Crippen LogP contribution is -2.34. The van der Waals surface area contributed by atoms with Crippen LogP contribution in [0.1, 0.15) is 29.6 Å². The van der Waals surface area contributed by atoms with Crippen molar-refractivity contribution in [1.82, 2.24) is 9.88 Å². The van der Waals surface area contributed by atoms with Crippen molar-refractivity contribution in [2.75, 3.05) is 19.3 Å². The summed E-state index contributed by atoms with van der Waals surface area (Å²) in [6.07, 6.45) is 5.36. The molecule has 1 aromatic heterocycles. The molecular formula is C12H17N3O. The molecule has 0 aromatic carbocycles. The molecule has 1 fully saturated rings. The molecule has 1 aromatic rings. The number of carbonyl (C=O) groups excluding carboxylic acids is 1. The second-order valence-corrected chi connectivity index (χ2v) is 4.42. The van der Waals surface area contributed by atoms with E-state index in [9.17, 15) is 4.79 Å². The van der Waals surface area contributed by atoms with Crippen LogP contribution < -0.4 is 5.73 Å². The molecule has 1 amide bonds. The molecule has 1 saturated carbocycles. The van der Waals surface area contributed by atoms with Crippen LogP contribution in [0.2, 0.25) is 0 Å². The van der Waals surface area contributed by atoms with E-state index < -0.39 is 0 Å². The van der Waals surface area contributed by atoms with E-state index in [1.54, 1.807) is 23.2 Å². The summed E-state index contributed by atoms with van der Waals surface area (Å²) in [6.45, 7) is 0.827. The largest absolute Gasteiger partial charge is 0.383 e. The minimum absolute atomic E-state index is 0.0301. The van der Waals surface area contributed by atoms with Crippen molar-refractivity contribution in [1.29, 1.82) is 0 Å². The first-order valence-corrected chi connectivity index (χ1v) is 5.64. The SMILES string of the molecule is CN(CC1CCC1)C(=O)c1cccnc1N. The first-order valence-electron chi connectivity index (χ1n) is 5.64. The van der Waals surface area contributed by atoms with Gasteiger partial charge < -0.3 is 10.6 Å². The fraction of sp³-hybridized carbons (Fsp3) is 0.500. The third-order valence-electron chi connectivity index (χ3n) is 3.17. The summed E-state index contributed by atoms with van der Waals surface area (Å²) in [5.74, 6) is 0.956. The number of rotatable bonds is 3. The van der Waals surface area contributed by atoms with Crippen molar-refractivity contribution < 1.29 is 4.79 Å². The molecule has 0 spiro atoms. The van der Waals surface area contributed by atoms with Gasteiger partial charge in [0.2, 0.25) is 0 Å². The molecule has 2 rings (SSSR count). The number of pyridine rings is 1. The quantitative estimate of drug-likeness (QED) is 0.838. The van der Waals surface area contributed by atoms with Gasteiger partial charge in [-0.15, -0.1) is 0 Å². The van der Waals surface area contributed by atoms with E-state index in [1.807, 2.05) is 7.05 Å². The van der Waals surface area contributed by atoms with Crippen molar-refractivity contribution in [3.63, 3.8) is 0 Å². The van der Waals surface area contributed by atoms with E-state index in [4.69, 9.17) is 5.73 Å². The standard InChI is InChI=1S/C12H17N3O/c1-15(8-9-4-2-5-9)12(16)10-6-3-7-14-11(10)13/h3,6-7,9H,2,4-5,8H2,1H3,(H2,13,14). The van der Waals surface area contributed by atoms with Crippen LogP contribution in [0.15, 0.2) is 18.3 Å². The maximum absolute atomic E-state index is 12.0. The van der Waals surface area contributed by atoms with E-state index >= 15 is 0 Å². The molecule has 0 atom stereocenters. The Bertz CT molecular complexity index is 388. The van der Waals surface area contributed by atoms with Gasteiger partial charge in [-0.1, -0.05) is 6.42 Å². The van der Waals surface area contributed by atoms with Gasteiger partial charge in [-0.2, -0.15) is 0 Å². The summed E-state index contributed by atoms with van der Waals surface area (Å²) >= 11 is 0. The number of nitrogens with zero attached hydrogens (tertiary/aromatic N) is 2. The third kappa shape index (κ3) is 2.15. The van der Waals surface area contributed by atoms with E-state index in [1.165, 1.54) is 19.3 Å². The van der Waals surface area contributed by atoms with Crippen LogP contribution >= 0.6 is 0 Å². The maximum Gasteiger partial charge on any atom is 0.257 e. The fourth-order valence-electron chi connectivity index (χ4n) is 1.95. The summed E-state index contributed by atoms with van der Waals surface area (Å²) in [5, 5.41) is 0. The number of hydrogen-bond acceptors (Lipinski definition) is 3. The van der Waals surface area contributed by atoms with Crippen LogP contribution in [-0.4, -0.2) is 29.4 Å². The van der Waals surface area contributed by atoms with Gasteiger partial charge in [0.1, 0.15) is 5.82 Å². The normalized spacial score (nSPS) is 15.6. The van der Waals surface area contributed by atoms with Crippen molar-refractivity contribution in [2.45, 2.75) is 19.3 Å². The van der Waals surface area contributed by atoms with E-state index in [2.05, 4.69) is 4.98 Å². The molecule has 4 nitrogen and oxygen atoms in total. The highest BCUT2D eigenvalue weighted by Gasteiger charge is 2.22. The molecule has 0 saturated heterocycles. The fourth-order valence-corrected chi connectivity index (χ4v) is 1.95. The van der Waals surface area contributed by atoms with Gasteiger partial charge in [0.25, 0.3) is 5.91 Å². The van der Waals surface area contributed by atoms with E-state index in [0.29, 0.717) is 17.3 Å². The highest BCUT2D eigenvalue weighted by molar-refractivity contribution is 5.98. The number of anilines is 1. The van der Waals surface area contributed by atoms with Crippen LogP contribution in [0.3, 0.4) is 0 Å². The van der Waals surface area contributed by atoms with Crippen LogP contribution in [0.4, 0.5) is 5.82 Å². The molecular weight excluding hydrogens is 202 g/mol. The summed E-state index contributed by atoms with van der Waals surface area (Å²) in [6, 6.07) is 3.46. The van der Waals surface area contributed by atoms with Crippen molar-refractivity contribution in [3.05, 3.63) is 23.9 Å². The summed E-state index contributed by atoms with van der Waals surface area (Å²) in [4.78, 5) is 17.7. The Labute approximate surface area is 95.5 Å².